The molecule has 0 aliphatic heterocycles. The first-order valence-corrected chi connectivity index (χ1v) is 9.24. The van der Waals surface area contributed by atoms with Crippen LogP contribution in [0.2, 0.25) is 0 Å². The lowest BCUT2D eigenvalue weighted by Crippen LogP contribution is -2.20. The molecule has 0 fully saturated rings. The highest BCUT2D eigenvalue weighted by atomic mass is 19.4. The summed E-state index contributed by atoms with van der Waals surface area (Å²) in [7, 11) is 0. The van der Waals surface area contributed by atoms with E-state index in [0.29, 0.717) is 40.0 Å². The number of fused-ring (bicyclic) bond motifs is 1. The van der Waals surface area contributed by atoms with E-state index in [9.17, 15) is 27.6 Å². The zero-order chi connectivity index (χ0) is 23.8. The second kappa shape index (κ2) is 8.12. The van der Waals surface area contributed by atoms with Crippen LogP contribution in [0, 0.1) is 17.1 Å². The predicted molar refractivity (Wildman–Crippen MR) is 112 cm³/mol. The van der Waals surface area contributed by atoms with E-state index >= 15 is 0 Å². The summed E-state index contributed by atoms with van der Waals surface area (Å²) < 4.78 is 53.4. The maximum absolute atomic E-state index is 13.5. The molecule has 2 heterocycles. The summed E-state index contributed by atoms with van der Waals surface area (Å²) in [5.74, 6) is -0.961. The van der Waals surface area contributed by atoms with Gasteiger partial charge in [0.2, 0.25) is 0 Å². The second-order valence-corrected chi connectivity index (χ2v) is 6.85. The smallest absolute Gasteiger partial charge is 0.382 e. The van der Waals surface area contributed by atoms with Gasteiger partial charge in [-0.3, -0.25) is 0 Å². The van der Waals surface area contributed by atoms with Crippen molar-refractivity contribution in [2.75, 3.05) is 16.4 Å². The van der Waals surface area contributed by atoms with Crippen LogP contribution in [0.3, 0.4) is 0 Å². The summed E-state index contributed by atoms with van der Waals surface area (Å²) in [6.07, 6.45) is -1.99. The molecule has 0 atom stereocenters. The first kappa shape index (κ1) is 21.6. The van der Waals surface area contributed by atoms with Crippen molar-refractivity contribution in [1.82, 2.24) is 14.6 Å². The zero-order valence-corrected chi connectivity index (χ0v) is 16.5. The lowest BCUT2D eigenvalue weighted by molar-refractivity contribution is -0.137. The molecule has 8 nitrogen and oxygen atoms in total. The molecular formula is C21H13F4N7O. The molecule has 0 aliphatic rings. The van der Waals surface area contributed by atoms with Gasteiger partial charge in [-0.05, 0) is 35.9 Å². The number of carbonyl (C=O) groups is 1. The summed E-state index contributed by atoms with van der Waals surface area (Å²) in [4.78, 5) is 16.1. The van der Waals surface area contributed by atoms with Crippen LogP contribution in [0.5, 0.6) is 0 Å². The van der Waals surface area contributed by atoms with Crippen LogP contribution in [-0.4, -0.2) is 20.6 Å². The number of hydrogen-bond acceptors (Lipinski definition) is 5. The molecule has 0 radical (unpaired) electrons. The number of rotatable bonds is 3. The van der Waals surface area contributed by atoms with Crippen LogP contribution >= 0.6 is 0 Å². The van der Waals surface area contributed by atoms with Gasteiger partial charge in [-0.1, -0.05) is 12.1 Å². The van der Waals surface area contributed by atoms with E-state index in [-0.39, 0.29) is 11.5 Å². The minimum atomic E-state index is -4.76. The molecule has 4 N–H and O–H groups in total. The Morgan fingerprint density at radius 3 is 2.45 bits per heavy atom. The van der Waals surface area contributed by atoms with E-state index in [1.807, 2.05) is 0 Å². The Bertz CT molecular complexity index is 1410. The van der Waals surface area contributed by atoms with Crippen LogP contribution in [0.1, 0.15) is 11.1 Å². The Labute approximate surface area is 183 Å². The van der Waals surface area contributed by atoms with Gasteiger partial charge in [0.1, 0.15) is 23.7 Å². The van der Waals surface area contributed by atoms with Crippen molar-refractivity contribution in [3.05, 3.63) is 71.9 Å². The normalized spacial score (nSPS) is 11.2. The number of amides is 2. The van der Waals surface area contributed by atoms with Crippen LogP contribution in [-0.2, 0) is 6.18 Å². The summed E-state index contributed by atoms with van der Waals surface area (Å²) in [5.41, 5.74) is 6.52. The number of nitrogens with zero attached hydrogens (tertiary/aromatic N) is 4. The quantitative estimate of drug-likeness (QED) is 0.388. The molecule has 0 bridgehead atoms. The van der Waals surface area contributed by atoms with Crippen molar-refractivity contribution in [1.29, 1.82) is 5.26 Å². The maximum atomic E-state index is 13.5. The number of aromatic nitrogens is 3. The molecule has 166 valence electrons. The summed E-state index contributed by atoms with van der Waals surface area (Å²) in [5, 5.41) is 18.1. The Morgan fingerprint density at radius 2 is 1.79 bits per heavy atom. The summed E-state index contributed by atoms with van der Waals surface area (Å²) in [6.45, 7) is 0. The third-order valence-electron chi connectivity index (χ3n) is 4.64. The second-order valence-electron chi connectivity index (χ2n) is 6.85. The number of nitrogens with one attached hydrogen (secondary N) is 2. The van der Waals surface area contributed by atoms with Gasteiger partial charge in [-0.25, -0.2) is 18.7 Å². The first-order valence-electron chi connectivity index (χ1n) is 9.24. The molecular weight excluding hydrogens is 442 g/mol. The van der Waals surface area contributed by atoms with E-state index in [1.54, 1.807) is 12.1 Å². The van der Waals surface area contributed by atoms with Gasteiger partial charge >= 0.3 is 12.2 Å². The van der Waals surface area contributed by atoms with Gasteiger partial charge in [0, 0.05) is 23.1 Å². The third-order valence-corrected chi connectivity index (χ3v) is 4.64. The van der Waals surface area contributed by atoms with Crippen LogP contribution < -0.4 is 16.4 Å². The highest BCUT2D eigenvalue weighted by Gasteiger charge is 2.31. The fourth-order valence-corrected chi connectivity index (χ4v) is 3.25. The Hall–Kier alpha value is -4.66. The number of nitrogens with two attached hydrogens (primary N) is 1. The van der Waals surface area contributed by atoms with Gasteiger partial charge in [-0.2, -0.15) is 23.5 Å². The number of anilines is 3. The average molecular weight is 455 g/mol. The molecule has 0 unspecified atom stereocenters. The van der Waals surface area contributed by atoms with Gasteiger partial charge in [0.05, 0.1) is 11.1 Å². The first-order chi connectivity index (χ1) is 15.7. The topological polar surface area (TPSA) is 121 Å². The minimum absolute atomic E-state index is 0.177. The Kier molecular flexibility index (Phi) is 5.31. The van der Waals surface area contributed by atoms with Crippen molar-refractivity contribution < 1.29 is 22.4 Å². The van der Waals surface area contributed by atoms with Crippen molar-refractivity contribution in [3.63, 3.8) is 0 Å². The molecule has 2 aromatic heterocycles. The average Bonchev–Trinajstić information content (AvgIpc) is 3.13. The van der Waals surface area contributed by atoms with E-state index < -0.39 is 23.6 Å². The van der Waals surface area contributed by atoms with E-state index in [0.717, 1.165) is 6.07 Å². The van der Waals surface area contributed by atoms with E-state index in [1.165, 1.54) is 29.2 Å². The minimum Gasteiger partial charge on any atom is -0.382 e. The third kappa shape index (κ3) is 4.38. The summed E-state index contributed by atoms with van der Waals surface area (Å²) >= 11 is 0. The van der Waals surface area contributed by atoms with Crippen LogP contribution in [0.25, 0.3) is 16.6 Å². The molecule has 0 spiro atoms. The number of alkyl halides is 3. The predicted octanol–water partition coefficient (Wildman–Crippen LogP) is 4.65. The Morgan fingerprint density at radius 1 is 1.09 bits per heavy atom. The Balaban J connectivity index is 1.55. The molecule has 0 saturated heterocycles. The number of hydrogen-bond donors (Lipinski definition) is 3. The summed E-state index contributed by atoms with van der Waals surface area (Å²) in [6, 6.07) is 9.20. The molecule has 2 aromatic carbocycles. The molecule has 0 saturated carbocycles. The van der Waals surface area contributed by atoms with Crippen molar-refractivity contribution in [2.24, 2.45) is 0 Å². The number of nitrogen functional groups attached to an aromatic ring is 1. The highest BCUT2D eigenvalue weighted by Crippen LogP contribution is 2.33. The molecule has 4 aromatic rings. The monoisotopic (exact) mass is 455 g/mol. The van der Waals surface area contributed by atoms with Gasteiger partial charge < -0.3 is 16.4 Å². The number of nitriles is 1. The lowest BCUT2D eigenvalue weighted by atomic mass is 10.0. The largest absolute Gasteiger partial charge is 0.416 e. The number of benzene rings is 2. The molecule has 2 amide bonds. The van der Waals surface area contributed by atoms with Crippen molar-refractivity contribution in [2.45, 2.75) is 6.18 Å². The van der Waals surface area contributed by atoms with Crippen LogP contribution in [0.4, 0.5) is 39.5 Å². The van der Waals surface area contributed by atoms with E-state index in [4.69, 9.17) is 5.73 Å². The fourth-order valence-electron chi connectivity index (χ4n) is 3.25. The lowest BCUT2D eigenvalue weighted by Gasteiger charge is -2.12. The molecule has 12 heteroatoms. The number of carbonyl (C=O) groups excluding carboxylic acids is 1. The molecule has 4 rings (SSSR count). The molecule has 0 aliphatic carbocycles. The maximum Gasteiger partial charge on any atom is 0.416 e. The zero-order valence-electron chi connectivity index (χ0n) is 16.5. The van der Waals surface area contributed by atoms with Crippen molar-refractivity contribution in [3.8, 4) is 17.2 Å². The van der Waals surface area contributed by atoms with Gasteiger partial charge in [0.25, 0.3) is 0 Å². The molecule has 33 heavy (non-hydrogen) atoms. The fraction of sp³-hybridized carbons (Fsp3) is 0.0476. The standard InChI is InChI=1S/C21H13F4N7O/c22-14-5-13(21(23,24)25)6-16(7-14)31-20(33)30-15-3-1-11(2-4-15)17-12(8-26)9-32-18(17)19(27)28-10-29-32/h1-7,9-10H,(H2,27,28,29)(H2,30,31,33). The number of urea groups is 1. The van der Waals surface area contributed by atoms with Gasteiger partial charge in [0.15, 0.2) is 5.82 Å². The van der Waals surface area contributed by atoms with E-state index in [2.05, 4.69) is 26.8 Å². The van der Waals surface area contributed by atoms with Crippen LogP contribution in [0.15, 0.2) is 55.0 Å². The number of halogens is 4. The SMILES string of the molecule is N#Cc1cn2ncnc(N)c2c1-c1ccc(NC(=O)Nc2cc(F)cc(C(F)(F)F)c2)cc1. The van der Waals surface area contributed by atoms with Gasteiger partial charge in [-0.15, -0.1) is 0 Å². The highest BCUT2D eigenvalue weighted by molar-refractivity contribution is 6.00. The van der Waals surface area contributed by atoms with Crippen molar-refractivity contribution >= 4 is 28.7 Å².